The van der Waals surface area contributed by atoms with E-state index in [0.717, 1.165) is 7.04 Å². The standard InChI is InChI=1S/C9H27PSi3.C2H6.CH4P2S.4CH4.3ClH.Ga/c1-11(2,3)10(12(4,5)6)13(7,8)9;1-2;1-2-3-4;;;;;;;;/h1-9H3;1-2H3;2H,1H3;4*1H4;3*1H;/q;;;;;;;;;;+3/p-3/i;;2D;;;;;;;;. The summed E-state index contributed by atoms with van der Waals surface area (Å²) in [7, 11) is 12.6. The predicted molar refractivity (Wildman–Crippen MR) is 167 cm³/mol. The SMILES string of the molecule is C.C.C.C.CC.C[Si](C)(C)P([Si](C)(C)C)[Si](C)(C)C.[2H]P(C)P=S.[Cl][Ga]([Cl])[Cl]. The molecular formula is C16H53Cl3GaP3SSi3. The predicted octanol–water partition coefficient (Wildman–Crippen LogP) is 11.8. The topological polar surface area (TPSA) is 0 Å². The van der Waals surface area contributed by atoms with Gasteiger partial charge in [0.15, 0.2) is 0 Å². The molecule has 0 nitrogen and oxygen atoms in total. The van der Waals surface area contributed by atoms with Crippen LogP contribution in [0, 0.1) is 0 Å². The Kier molecular flexibility index (Phi) is 49.1. The van der Waals surface area contributed by atoms with Crippen molar-refractivity contribution in [3.05, 3.63) is 0 Å². The van der Waals surface area contributed by atoms with Crippen LogP contribution in [0.4, 0.5) is 0 Å². The van der Waals surface area contributed by atoms with Crippen LogP contribution in [0.15, 0.2) is 0 Å². The number of hydrogen-bond donors (Lipinski definition) is 0. The first kappa shape index (κ1) is 48.1. The Morgan fingerprint density at radius 2 is 0.889 bits per heavy atom. The van der Waals surface area contributed by atoms with Gasteiger partial charge in [-0.05, 0) is 13.7 Å². The fraction of sp³-hybridized carbons (Fsp3) is 1.00. The maximum absolute atomic E-state index is 6.77. The van der Waals surface area contributed by atoms with Gasteiger partial charge in [0, 0.05) is 0 Å². The molecule has 0 saturated carbocycles. The summed E-state index contributed by atoms with van der Waals surface area (Å²) in [5, 5.41) is 0. The second kappa shape index (κ2) is 27.6. The molecule has 0 fully saturated rings. The van der Waals surface area contributed by atoms with Crippen molar-refractivity contribution in [3.63, 3.8) is 0 Å². The Labute approximate surface area is 207 Å². The van der Waals surface area contributed by atoms with Gasteiger partial charge in [-0.1, -0.05) is 122 Å². The molecule has 0 rings (SSSR count). The van der Waals surface area contributed by atoms with Crippen LogP contribution in [0.2, 0.25) is 58.9 Å². The number of halogens is 3. The molecule has 0 aliphatic heterocycles. The van der Waals surface area contributed by atoms with Crippen molar-refractivity contribution in [1.29, 1.82) is 1.28 Å². The molecule has 27 heavy (non-hydrogen) atoms. The quantitative estimate of drug-likeness (QED) is 0.220. The molecular weight excluding hydrogens is 578 g/mol. The van der Waals surface area contributed by atoms with E-state index in [2.05, 4.69) is 70.7 Å². The van der Waals surface area contributed by atoms with Gasteiger partial charge in [0.2, 0.25) is 0 Å². The Bertz CT molecular complexity index is 280. The van der Waals surface area contributed by atoms with E-state index in [1.165, 1.54) is 0 Å². The molecule has 174 valence electrons. The fourth-order valence-corrected chi connectivity index (χ4v) is 81.5. The number of hydrogen-bond acceptors (Lipinski definition) is 1. The average molecular weight is 632 g/mol. The van der Waals surface area contributed by atoms with Crippen molar-refractivity contribution in [1.82, 2.24) is 0 Å². The van der Waals surface area contributed by atoms with Crippen molar-refractivity contribution in [2.75, 3.05) is 6.66 Å². The Balaban J connectivity index is -0.0000000379. The molecule has 0 spiro atoms. The second-order valence-corrected chi connectivity index (χ2v) is 56.2. The van der Waals surface area contributed by atoms with Crippen molar-refractivity contribution < 1.29 is 0 Å². The summed E-state index contributed by atoms with van der Waals surface area (Å²) in [5.41, 5.74) is 0. The van der Waals surface area contributed by atoms with Gasteiger partial charge in [0.1, 0.15) is 0 Å². The fourth-order valence-electron chi connectivity index (χ4n) is 3.02. The average Bonchev–Trinajstić information content (AvgIpc) is 2.25. The van der Waals surface area contributed by atoms with E-state index in [4.69, 9.17) is 30.2 Å². The monoisotopic (exact) mass is 629 g/mol. The van der Waals surface area contributed by atoms with E-state index in [9.17, 15) is 0 Å². The van der Waals surface area contributed by atoms with Crippen LogP contribution >= 0.6 is 50.7 Å². The van der Waals surface area contributed by atoms with Crippen molar-refractivity contribution >= 4 is 99.0 Å². The van der Waals surface area contributed by atoms with E-state index in [0.29, 0.717) is 6.57 Å². The summed E-state index contributed by atoms with van der Waals surface area (Å²) in [6.07, 6.45) is 0. The van der Waals surface area contributed by atoms with Crippen LogP contribution < -0.4 is 0 Å². The Hall–Kier alpha value is 3.54. The molecule has 1 unspecified atom stereocenters. The Morgan fingerprint density at radius 3 is 0.889 bits per heavy atom. The van der Waals surface area contributed by atoms with Gasteiger partial charge in [-0.25, -0.2) is 0 Å². The molecule has 0 saturated heterocycles. The van der Waals surface area contributed by atoms with Gasteiger partial charge in [0.05, 0.1) is 24.5 Å². The molecule has 0 bridgehead atoms. The van der Waals surface area contributed by atoms with Crippen LogP contribution in [0.3, 0.4) is 0 Å². The third kappa shape index (κ3) is 44.1. The van der Waals surface area contributed by atoms with Crippen LogP contribution in [0.25, 0.3) is 0 Å². The van der Waals surface area contributed by atoms with E-state index in [-0.39, 0.29) is 29.7 Å². The van der Waals surface area contributed by atoms with E-state index in [1.54, 1.807) is 0 Å². The van der Waals surface area contributed by atoms with Crippen molar-refractivity contribution in [2.24, 2.45) is 0 Å². The first-order valence-corrected chi connectivity index (χ1v) is 35.5. The molecule has 0 aromatic heterocycles. The molecule has 0 amide bonds. The minimum atomic E-state index is -2.06. The van der Waals surface area contributed by atoms with Gasteiger partial charge in [0.25, 0.3) is 0 Å². The van der Waals surface area contributed by atoms with Crippen LogP contribution in [0.5, 0.6) is 0 Å². The second-order valence-electron chi connectivity index (χ2n) is 7.38. The molecule has 11 heteroatoms. The summed E-state index contributed by atoms with van der Waals surface area (Å²) in [5.74, 6) is 0. The van der Waals surface area contributed by atoms with Crippen molar-refractivity contribution in [2.45, 2.75) is 102 Å². The van der Waals surface area contributed by atoms with E-state index < -0.39 is 44.7 Å². The molecule has 0 radical (unpaired) electrons. The summed E-state index contributed by atoms with van der Waals surface area (Å²) in [6, 6.07) is 0. The number of rotatable bonds is 4. The van der Waals surface area contributed by atoms with Gasteiger partial charge in [-0.15, -0.1) is 6.57 Å². The van der Waals surface area contributed by atoms with Gasteiger partial charge in [-0.3, -0.25) is 0 Å². The zero-order valence-electron chi connectivity index (χ0n) is 18.0. The summed E-state index contributed by atoms with van der Waals surface area (Å²) < 4.78 is 6.77. The van der Waals surface area contributed by atoms with Crippen LogP contribution in [0.1, 0.15) is 43.6 Å². The molecule has 0 aromatic rings. The molecule has 0 aliphatic carbocycles. The summed E-state index contributed by atoms with van der Waals surface area (Å²) in [4.78, 5) is 0. The van der Waals surface area contributed by atoms with E-state index in [1.807, 2.05) is 20.5 Å². The third-order valence-corrected chi connectivity index (χ3v) is 56.5. The Morgan fingerprint density at radius 1 is 0.778 bits per heavy atom. The first-order chi connectivity index (χ1) is 10.4. The zero-order valence-corrected chi connectivity index (χ0v) is 28.2. The molecule has 0 aliphatic rings. The third-order valence-electron chi connectivity index (χ3n) is 2.09. The van der Waals surface area contributed by atoms with Gasteiger partial charge >= 0.3 is 42.1 Å². The molecule has 1 atom stereocenters. The summed E-state index contributed by atoms with van der Waals surface area (Å²) in [6.45, 7) is 29.6. The minimum absolute atomic E-state index is 0. The normalized spacial score (nSPS) is 11.5. The van der Waals surface area contributed by atoms with Gasteiger partial charge < -0.3 is 0 Å². The molecule has 0 heterocycles. The summed E-state index contributed by atoms with van der Waals surface area (Å²) >= 11 is 2.43. The van der Waals surface area contributed by atoms with Gasteiger partial charge in [-0.2, -0.15) is 0 Å². The van der Waals surface area contributed by atoms with Crippen LogP contribution in [-0.4, -0.2) is 44.4 Å². The van der Waals surface area contributed by atoms with E-state index >= 15 is 0 Å². The van der Waals surface area contributed by atoms with Crippen molar-refractivity contribution in [3.8, 4) is 0 Å². The van der Waals surface area contributed by atoms with Crippen LogP contribution in [-0.2, 0) is 11.8 Å². The molecule has 0 aromatic carbocycles. The zero-order chi connectivity index (χ0) is 20.9. The first-order valence-electron chi connectivity index (χ1n) is 8.10. The molecule has 0 N–H and O–H groups in total. The maximum atomic E-state index is 6.77.